The van der Waals surface area contributed by atoms with E-state index in [1.807, 2.05) is 49.5 Å². The van der Waals surface area contributed by atoms with E-state index < -0.39 is 0 Å². The van der Waals surface area contributed by atoms with Gasteiger partial charge in [-0.05, 0) is 60.9 Å². The lowest BCUT2D eigenvalue weighted by Gasteiger charge is -2.30. The molecular weight excluding hydrogens is 414 g/mol. The Morgan fingerprint density at radius 1 is 1.10 bits per heavy atom. The molecule has 4 aromatic rings. The number of likely N-dealkylation sites (tertiary alicyclic amines) is 1. The fraction of sp³-hybridized carbons (Fsp3) is 0.318. The van der Waals surface area contributed by atoms with Crippen molar-refractivity contribution in [1.82, 2.24) is 34.5 Å². The number of rotatable bonds is 4. The fourth-order valence-electron chi connectivity index (χ4n) is 3.97. The zero-order valence-electron chi connectivity index (χ0n) is 17.1. The Hall–Kier alpha value is -3.10. The quantitative estimate of drug-likeness (QED) is 0.490. The summed E-state index contributed by atoms with van der Waals surface area (Å²) in [5, 5.41) is 13.7. The third-order valence-corrected chi connectivity index (χ3v) is 5.91. The number of tetrazole rings is 1. The summed E-state index contributed by atoms with van der Waals surface area (Å²) in [5.41, 5.74) is 3.38. The highest BCUT2D eigenvalue weighted by Crippen LogP contribution is 2.23. The molecule has 1 fully saturated rings. The van der Waals surface area contributed by atoms with Crippen molar-refractivity contribution >= 4 is 17.2 Å². The van der Waals surface area contributed by atoms with Crippen LogP contribution in [0.5, 0.6) is 0 Å². The summed E-state index contributed by atoms with van der Waals surface area (Å²) in [7, 11) is 0. The van der Waals surface area contributed by atoms with Crippen LogP contribution in [0.15, 0.2) is 53.5 Å². The molecule has 158 valence electrons. The zero-order valence-corrected chi connectivity index (χ0v) is 17.9. The van der Waals surface area contributed by atoms with E-state index in [0.717, 1.165) is 42.8 Å². The Kier molecular flexibility index (Phi) is 5.25. The lowest BCUT2D eigenvalue weighted by molar-refractivity contribution is 0.163. The van der Waals surface area contributed by atoms with Crippen LogP contribution >= 0.6 is 11.6 Å². The van der Waals surface area contributed by atoms with E-state index in [4.69, 9.17) is 11.6 Å². The van der Waals surface area contributed by atoms with Crippen LogP contribution in [0.3, 0.4) is 0 Å². The molecule has 1 aliphatic rings. The van der Waals surface area contributed by atoms with Gasteiger partial charge in [0.2, 0.25) is 5.82 Å². The molecule has 0 radical (unpaired) electrons. The topological polar surface area (TPSA) is 81.2 Å². The van der Waals surface area contributed by atoms with Crippen LogP contribution in [-0.4, -0.2) is 47.6 Å². The molecule has 0 atom stereocenters. The molecule has 0 spiro atoms. The number of aryl methyl sites for hydroxylation is 1. The number of piperidine rings is 1. The Morgan fingerprint density at radius 2 is 1.87 bits per heavy atom. The Bertz CT molecular complexity index is 1270. The minimum absolute atomic E-state index is 0.0415. The molecule has 0 unspecified atom stereocenters. The number of aromatic nitrogens is 6. The van der Waals surface area contributed by atoms with Gasteiger partial charge in [0.25, 0.3) is 5.56 Å². The number of fused-ring (bicyclic) bond motifs is 1. The molecule has 0 amide bonds. The zero-order chi connectivity index (χ0) is 21.4. The Balaban J connectivity index is 1.24. The van der Waals surface area contributed by atoms with Crippen molar-refractivity contribution in [2.45, 2.75) is 32.4 Å². The van der Waals surface area contributed by atoms with Gasteiger partial charge in [-0.15, -0.1) is 10.2 Å². The average Bonchev–Trinajstić information content (AvgIpc) is 3.26. The Morgan fingerprint density at radius 3 is 2.65 bits per heavy atom. The summed E-state index contributed by atoms with van der Waals surface area (Å²) in [4.78, 5) is 21.1. The molecule has 0 bridgehead atoms. The van der Waals surface area contributed by atoms with Crippen molar-refractivity contribution in [2.75, 3.05) is 13.1 Å². The maximum Gasteiger partial charge on any atom is 0.258 e. The van der Waals surface area contributed by atoms with Gasteiger partial charge in [-0.3, -0.25) is 14.1 Å². The predicted octanol–water partition coefficient (Wildman–Crippen LogP) is 3.15. The minimum Gasteiger partial charge on any atom is -0.297 e. The molecule has 1 aliphatic heterocycles. The number of hydrogen-bond donors (Lipinski definition) is 0. The van der Waals surface area contributed by atoms with Crippen LogP contribution in [0, 0.1) is 6.92 Å². The SMILES string of the molecule is Cc1ccc2nc(CN3CCC(n4nnc(-c5ccc(Cl)cc5)n4)CC3)cc(=O)n2c1. The lowest BCUT2D eigenvalue weighted by Crippen LogP contribution is -2.35. The summed E-state index contributed by atoms with van der Waals surface area (Å²) >= 11 is 5.95. The van der Waals surface area contributed by atoms with Gasteiger partial charge in [-0.25, -0.2) is 4.98 Å². The highest BCUT2D eigenvalue weighted by molar-refractivity contribution is 6.30. The highest BCUT2D eigenvalue weighted by atomic mass is 35.5. The Labute approximate surface area is 184 Å². The summed E-state index contributed by atoms with van der Waals surface area (Å²) in [5.74, 6) is 0.607. The molecule has 5 rings (SSSR count). The summed E-state index contributed by atoms with van der Waals surface area (Å²) in [6.07, 6.45) is 3.66. The number of pyridine rings is 1. The summed E-state index contributed by atoms with van der Waals surface area (Å²) in [6.45, 7) is 4.40. The standard InChI is InChI=1S/C22H22ClN7O/c1-15-2-7-20-24-18(12-21(31)29(20)13-15)14-28-10-8-19(9-11-28)30-26-22(25-27-30)16-3-5-17(23)6-4-16/h2-7,12-13,19H,8-11,14H2,1H3. The minimum atomic E-state index is -0.0415. The van der Waals surface area contributed by atoms with E-state index in [1.165, 1.54) is 0 Å². The van der Waals surface area contributed by atoms with Crippen LogP contribution in [0.4, 0.5) is 0 Å². The van der Waals surface area contributed by atoms with Crippen molar-refractivity contribution in [3.05, 3.63) is 75.3 Å². The van der Waals surface area contributed by atoms with Crippen LogP contribution in [-0.2, 0) is 6.54 Å². The molecule has 0 N–H and O–H groups in total. The molecule has 3 aromatic heterocycles. The van der Waals surface area contributed by atoms with Crippen molar-refractivity contribution in [2.24, 2.45) is 0 Å². The van der Waals surface area contributed by atoms with Gasteiger partial charge in [0.05, 0.1) is 11.7 Å². The van der Waals surface area contributed by atoms with Gasteiger partial charge in [-0.2, -0.15) is 4.80 Å². The molecule has 1 aromatic carbocycles. The predicted molar refractivity (Wildman–Crippen MR) is 118 cm³/mol. The first-order valence-electron chi connectivity index (χ1n) is 10.3. The van der Waals surface area contributed by atoms with Gasteiger partial charge in [0, 0.05) is 42.5 Å². The largest absolute Gasteiger partial charge is 0.297 e. The van der Waals surface area contributed by atoms with E-state index in [9.17, 15) is 4.79 Å². The lowest BCUT2D eigenvalue weighted by atomic mass is 10.1. The van der Waals surface area contributed by atoms with Crippen molar-refractivity contribution in [1.29, 1.82) is 0 Å². The molecule has 0 aliphatic carbocycles. The molecule has 9 heteroatoms. The molecular formula is C22H22ClN7O. The summed E-state index contributed by atoms with van der Waals surface area (Å²) in [6, 6.07) is 13.1. The first-order chi connectivity index (χ1) is 15.0. The fourth-order valence-corrected chi connectivity index (χ4v) is 4.10. The van der Waals surface area contributed by atoms with Crippen molar-refractivity contribution in [3.8, 4) is 11.4 Å². The molecule has 0 saturated carbocycles. The molecule has 4 heterocycles. The third-order valence-electron chi connectivity index (χ3n) is 5.66. The van der Waals surface area contributed by atoms with Gasteiger partial charge in [0.15, 0.2) is 0 Å². The van der Waals surface area contributed by atoms with E-state index in [2.05, 4.69) is 25.3 Å². The number of benzene rings is 1. The third kappa shape index (κ3) is 4.22. The first kappa shape index (κ1) is 19.8. The monoisotopic (exact) mass is 435 g/mol. The van der Waals surface area contributed by atoms with E-state index in [-0.39, 0.29) is 11.6 Å². The average molecular weight is 436 g/mol. The second-order valence-electron chi connectivity index (χ2n) is 7.97. The van der Waals surface area contributed by atoms with Crippen molar-refractivity contribution in [3.63, 3.8) is 0 Å². The van der Waals surface area contributed by atoms with Crippen LogP contribution < -0.4 is 5.56 Å². The van der Waals surface area contributed by atoms with Crippen LogP contribution in [0.2, 0.25) is 5.02 Å². The molecule has 8 nitrogen and oxygen atoms in total. The van der Waals surface area contributed by atoms with Gasteiger partial charge >= 0.3 is 0 Å². The normalized spacial score (nSPS) is 15.5. The van der Waals surface area contributed by atoms with E-state index in [1.54, 1.807) is 15.3 Å². The number of nitrogens with zero attached hydrogens (tertiary/aromatic N) is 7. The molecule has 1 saturated heterocycles. The summed E-state index contributed by atoms with van der Waals surface area (Å²) < 4.78 is 1.60. The number of halogens is 1. The smallest absolute Gasteiger partial charge is 0.258 e. The maximum atomic E-state index is 12.4. The number of hydrogen-bond acceptors (Lipinski definition) is 6. The highest BCUT2D eigenvalue weighted by Gasteiger charge is 2.23. The van der Waals surface area contributed by atoms with Crippen LogP contribution in [0.25, 0.3) is 17.0 Å². The van der Waals surface area contributed by atoms with Gasteiger partial charge in [-0.1, -0.05) is 17.7 Å². The van der Waals surface area contributed by atoms with E-state index >= 15 is 0 Å². The second kappa shape index (κ2) is 8.20. The van der Waals surface area contributed by atoms with E-state index in [0.29, 0.717) is 23.0 Å². The molecule has 31 heavy (non-hydrogen) atoms. The first-order valence-corrected chi connectivity index (χ1v) is 10.7. The van der Waals surface area contributed by atoms with Crippen molar-refractivity contribution < 1.29 is 0 Å². The van der Waals surface area contributed by atoms with Gasteiger partial charge < -0.3 is 0 Å². The maximum absolute atomic E-state index is 12.4. The van der Waals surface area contributed by atoms with Gasteiger partial charge in [0.1, 0.15) is 5.65 Å². The van der Waals surface area contributed by atoms with Crippen LogP contribution in [0.1, 0.15) is 30.1 Å². The second-order valence-corrected chi connectivity index (χ2v) is 8.40.